The van der Waals surface area contributed by atoms with Gasteiger partial charge < -0.3 is 10.6 Å². The summed E-state index contributed by atoms with van der Waals surface area (Å²) in [6.45, 7) is 1.81. The molecule has 7 heteroatoms. The Bertz CT molecular complexity index is 1490. The van der Waals surface area contributed by atoms with Crippen molar-refractivity contribution in [3.63, 3.8) is 0 Å². The molecule has 0 spiro atoms. The predicted molar refractivity (Wildman–Crippen MR) is 134 cm³/mol. The Labute approximate surface area is 195 Å². The first-order valence-electron chi connectivity index (χ1n) is 11.1. The highest BCUT2D eigenvalue weighted by Crippen LogP contribution is 2.31. The van der Waals surface area contributed by atoms with Crippen LogP contribution in [-0.2, 0) is 6.54 Å². The van der Waals surface area contributed by atoms with Gasteiger partial charge in [-0.25, -0.2) is 9.97 Å². The van der Waals surface area contributed by atoms with Crippen molar-refractivity contribution in [2.45, 2.75) is 25.4 Å². The number of aromatic nitrogens is 4. The molecule has 4 heterocycles. The van der Waals surface area contributed by atoms with Gasteiger partial charge in [0.25, 0.3) is 0 Å². The molecule has 1 aliphatic heterocycles. The fourth-order valence-corrected chi connectivity index (χ4v) is 5.02. The van der Waals surface area contributed by atoms with E-state index in [1.165, 1.54) is 12.0 Å². The summed E-state index contributed by atoms with van der Waals surface area (Å²) in [7, 11) is 0. The van der Waals surface area contributed by atoms with E-state index in [2.05, 4.69) is 81.1 Å². The second kappa shape index (κ2) is 8.66. The van der Waals surface area contributed by atoms with E-state index in [-0.39, 0.29) is 0 Å². The van der Waals surface area contributed by atoms with Crippen molar-refractivity contribution in [1.82, 2.24) is 25.1 Å². The molecule has 3 aromatic heterocycles. The fourth-order valence-electron chi connectivity index (χ4n) is 4.10. The van der Waals surface area contributed by atoms with Crippen LogP contribution in [0, 0.1) is 11.8 Å². The molecular formula is C26H22N6S. The van der Waals surface area contributed by atoms with Crippen molar-refractivity contribution >= 4 is 44.0 Å². The maximum Gasteiger partial charge on any atom is 0.151 e. The van der Waals surface area contributed by atoms with E-state index in [0.29, 0.717) is 6.04 Å². The van der Waals surface area contributed by atoms with Gasteiger partial charge in [-0.3, -0.25) is 4.68 Å². The van der Waals surface area contributed by atoms with E-state index >= 15 is 0 Å². The summed E-state index contributed by atoms with van der Waals surface area (Å²) in [5.41, 5.74) is 4.04. The van der Waals surface area contributed by atoms with Crippen molar-refractivity contribution in [1.29, 1.82) is 0 Å². The van der Waals surface area contributed by atoms with Crippen LogP contribution in [0.3, 0.4) is 0 Å². The first-order valence-corrected chi connectivity index (χ1v) is 11.9. The smallest absolute Gasteiger partial charge is 0.151 e. The van der Waals surface area contributed by atoms with Crippen LogP contribution in [0.4, 0.5) is 11.5 Å². The van der Waals surface area contributed by atoms with Gasteiger partial charge in [0, 0.05) is 17.3 Å². The molecule has 5 aromatic rings. The molecule has 0 saturated carbocycles. The second-order valence-electron chi connectivity index (χ2n) is 8.18. The Kier molecular flexibility index (Phi) is 5.23. The van der Waals surface area contributed by atoms with Gasteiger partial charge in [0.05, 0.1) is 33.2 Å². The van der Waals surface area contributed by atoms with E-state index in [4.69, 9.17) is 5.10 Å². The van der Waals surface area contributed by atoms with Crippen LogP contribution in [0.15, 0.2) is 67.1 Å². The van der Waals surface area contributed by atoms with Gasteiger partial charge in [-0.05, 0) is 49.2 Å². The summed E-state index contributed by atoms with van der Waals surface area (Å²) in [6.07, 6.45) is 5.99. The monoisotopic (exact) mass is 450 g/mol. The number of thiophene rings is 1. The molecule has 0 bridgehead atoms. The van der Waals surface area contributed by atoms with Crippen LogP contribution < -0.4 is 10.6 Å². The molecule has 1 atom stereocenters. The summed E-state index contributed by atoms with van der Waals surface area (Å²) >= 11 is 1.63. The molecular weight excluding hydrogens is 428 g/mol. The van der Waals surface area contributed by atoms with E-state index in [1.807, 2.05) is 16.8 Å². The van der Waals surface area contributed by atoms with Crippen molar-refractivity contribution in [3.05, 3.63) is 77.6 Å². The van der Waals surface area contributed by atoms with E-state index in [9.17, 15) is 0 Å². The van der Waals surface area contributed by atoms with Crippen LogP contribution in [0.5, 0.6) is 0 Å². The first-order chi connectivity index (χ1) is 16.3. The Hall–Kier alpha value is -3.73. The Morgan fingerprint density at radius 1 is 1.09 bits per heavy atom. The zero-order valence-corrected chi connectivity index (χ0v) is 18.8. The predicted octanol–water partition coefficient (Wildman–Crippen LogP) is 4.94. The Balaban J connectivity index is 1.25. The fraction of sp³-hybridized carbons (Fsp3) is 0.192. The topological polar surface area (TPSA) is 67.7 Å². The van der Waals surface area contributed by atoms with Gasteiger partial charge >= 0.3 is 0 Å². The molecule has 0 amide bonds. The van der Waals surface area contributed by atoms with Crippen LogP contribution in [0.1, 0.15) is 23.3 Å². The largest absolute Gasteiger partial charge is 0.339 e. The van der Waals surface area contributed by atoms with Gasteiger partial charge in [0.15, 0.2) is 5.82 Å². The average molecular weight is 451 g/mol. The Morgan fingerprint density at radius 2 is 2.03 bits per heavy atom. The third-order valence-corrected chi connectivity index (χ3v) is 6.79. The number of nitrogens with zero attached hydrogens (tertiary/aromatic N) is 4. The zero-order chi connectivity index (χ0) is 22.0. The highest BCUT2D eigenvalue weighted by molar-refractivity contribution is 7.20. The molecule has 6 rings (SSSR count). The second-order valence-corrected chi connectivity index (χ2v) is 9.23. The van der Waals surface area contributed by atoms with Crippen LogP contribution >= 0.6 is 11.3 Å². The van der Waals surface area contributed by atoms with E-state index < -0.39 is 0 Å². The highest BCUT2D eigenvalue weighted by Gasteiger charge is 2.12. The van der Waals surface area contributed by atoms with Gasteiger partial charge in [-0.15, -0.1) is 11.3 Å². The van der Waals surface area contributed by atoms with Crippen molar-refractivity contribution in [2.75, 3.05) is 11.9 Å². The zero-order valence-electron chi connectivity index (χ0n) is 18.0. The van der Waals surface area contributed by atoms with Crippen LogP contribution in [-0.4, -0.2) is 32.3 Å². The number of hydrogen-bond acceptors (Lipinski definition) is 6. The summed E-state index contributed by atoms with van der Waals surface area (Å²) < 4.78 is 2.99. The Morgan fingerprint density at radius 3 is 2.91 bits per heavy atom. The maximum atomic E-state index is 4.76. The molecule has 33 heavy (non-hydrogen) atoms. The summed E-state index contributed by atoms with van der Waals surface area (Å²) in [5.74, 6) is 7.44. The molecule has 1 saturated heterocycles. The van der Waals surface area contributed by atoms with Crippen molar-refractivity contribution in [2.24, 2.45) is 0 Å². The molecule has 1 aliphatic rings. The lowest BCUT2D eigenvalue weighted by atomic mass is 10.2. The van der Waals surface area contributed by atoms with Crippen molar-refractivity contribution < 1.29 is 0 Å². The molecule has 6 nitrogen and oxygen atoms in total. The minimum absolute atomic E-state index is 0.298. The standard InChI is InChI=1S/C26H22N6S/c1-2-5-18(6-3-1)15-32-16-19-8-9-21(13-23(19)31-32)30-26-25-24(28-17-29-26)14-22(33-25)11-10-20-7-4-12-27-20/h1-3,5-6,8-9,13-14,16-17,20,27H,4,7,12,15H2,(H,28,29,30)/t20-/m1/s1. The average Bonchev–Trinajstić information content (AvgIpc) is 3.58. The number of nitrogens with one attached hydrogen (secondary N) is 2. The lowest BCUT2D eigenvalue weighted by molar-refractivity contribution is 0.696. The van der Waals surface area contributed by atoms with E-state index in [1.54, 1.807) is 17.7 Å². The lowest BCUT2D eigenvalue weighted by Crippen LogP contribution is -2.18. The molecule has 162 valence electrons. The van der Waals surface area contributed by atoms with Crippen LogP contribution in [0.2, 0.25) is 0 Å². The summed E-state index contributed by atoms with van der Waals surface area (Å²) in [5, 5.41) is 12.7. The quantitative estimate of drug-likeness (QED) is 0.380. The third kappa shape index (κ3) is 4.31. The lowest BCUT2D eigenvalue weighted by Gasteiger charge is -2.05. The molecule has 0 aliphatic carbocycles. The number of rotatable bonds is 4. The van der Waals surface area contributed by atoms with Crippen molar-refractivity contribution in [3.8, 4) is 11.8 Å². The number of hydrogen-bond donors (Lipinski definition) is 2. The number of fused-ring (bicyclic) bond motifs is 2. The van der Waals surface area contributed by atoms with Crippen LogP contribution in [0.25, 0.3) is 21.1 Å². The maximum absolute atomic E-state index is 4.76. The van der Waals surface area contributed by atoms with Gasteiger partial charge in [0.2, 0.25) is 0 Å². The molecule has 2 N–H and O–H groups in total. The summed E-state index contributed by atoms with van der Waals surface area (Å²) in [4.78, 5) is 9.94. The minimum atomic E-state index is 0.298. The highest BCUT2D eigenvalue weighted by atomic mass is 32.1. The number of benzene rings is 2. The minimum Gasteiger partial charge on any atom is -0.339 e. The molecule has 1 fully saturated rings. The number of anilines is 2. The first kappa shape index (κ1) is 19.9. The van der Waals surface area contributed by atoms with Gasteiger partial charge in [-0.2, -0.15) is 5.10 Å². The normalized spacial score (nSPS) is 15.6. The third-order valence-electron chi connectivity index (χ3n) is 5.75. The SMILES string of the molecule is C(#C[C@H]1CCCN1)c1cc2ncnc(Nc3ccc4cn(Cc5ccccc5)nc4c3)c2s1. The van der Waals surface area contributed by atoms with E-state index in [0.717, 1.165) is 57.0 Å². The van der Waals surface area contributed by atoms with Gasteiger partial charge in [0.1, 0.15) is 6.33 Å². The molecule has 0 radical (unpaired) electrons. The molecule has 2 aromatic carbocycles. The summed E-state index contributed by atoms with van der Waals surface area (Å²) in [6, 6.07) is 18.9. The molecule has 0 unspecified atom stereocenters. The van der Waals surface area contributed by atoms with Gasteiger partial charge in [-0.1, -0.05) is 42.2 Å².